The topological polar surface area (TPSA) is 76.3 Å². The number of thiazole rings is 1. The Balaban J connectivity index is 2.38. The van der Waals surface area contributed by atoms with Crippen molar-refractivity contribution in [2.24, 2.45) is 0 Å². The smallest absolute Gasteiger partial charge is 0.248 e. The largest absolute Gasteiger partial charge is 0.398 e. The van der Waals surface area contributed by atoms with Gasteiger partial charge in [-0.1, -0.05) is 6.07 Å². The molecule has 0 spiro atoms. The zero-order chi connectivity index (χ0) is 14.9. The number of anilines is 1. The molecule has 0 unspecified atom stereocenters. The molecule has 0 aliphatic carbocycles. The summed E-state index contributed by atoms with van der Waals surface area (Å²) in [6.07, 6.45) is 0. The third-order valence-electron chi connectivity index (χ3n) is 2.88. The van der Waals surface area contributed by atoms with Gasteiger partial charge >= 0.3 is 0 Å². The second-order valence-electron chi connectivity index (χ2n) is 4.28. The van der Waals surface area contributed by atoms with Crippen LogP contribution in [0.3, 0.4) is 0 Å². The second kappa shape index (κ2) is 5.47. The van der Waals surface area contributed by atoms with Crippen molar-refractivity contribution in [3.8, 4) is 0 Å². The van der Waals surface area contributed by atoms with Crippen molar-refractivity contribution in [2.75, 3.05) is 12.8 Å². The third-order valence-corrected chi connectivity index (χ3v) is 5.69. The quantitative estimate of drug-likeness (QED) is 0.876. The number of rotatable bonds is 4. The molecule has 20 heavy (non-hydrogen) atoms. The van der Waals surface area contributed by atoms with Gasteiger partial charge in [0.15, 0.2) is 0 Å². The highest BCUT2D eigenvalue weighted by molar-refractivity contribution is 7.89. The lowest BCUT2D eigenvalue weighted by molar-refractivity contribution is 0.462. The standard InChI is InChI=1S/C12H14FN3O2S2/c1-8-11(19-7-15-8)6-16(2)20(17,18)12-9(13)4-3-5-10(12)14/h3-5,7H,6,14H2,1-2H3. The van der Waals surface area contributed by atoms with E-state index in [0.717, 1.165) is 20.9 Å². The van der Waals surface area contributed by atoms with E-state index in [-0.39, 0.29) is 12.2 Å². The van der Waals surface area contributed by atoms with E-state index in [2.05, 4.69) is 4.98 Å². The summed E-state index contributed by atoms with van der Waals surface area (Å²) in [5.41, 5.74) is 7.90. The number of benzene rings is 1. The Kier molecular flexibility index (Phi) is 4.07. The Morgan fingerprint density at radius 2 is 2.15 bits per heavy atom. The maximum Gasteiger partial charge on any atom is 0.248 e. The van der Waals surface area contributed by atoms with Gasteiger partial charge in [-0.25, -0.2) is 17.8 Å². The van der Waals surface area contributed by atoms with E-state index in [4.69, 9.17) is 5.73 Å². The summed E-state index contributed by atoms with van der Waals surface area (Å²) >= 11 is 1.36. The van der Waals surface area contributed by atoms with E-state index in [1.807, 2.05) is 0 Å². The molecular weight excluding hydrogens is 301 g/mol. The molecule has 1 aromatic carbocycles. The van der Waals surface area contributed by atoms with Gasteiger partial charge in [-0.2, -0.15) is 4.31 Å². The average molecular weight is 315 g/mol. The molecule has 108 valence electrons. The van der Waals surface area contributed by atoms with Crippen molar-refractivity contribution in [2.45, 2.75) is 18.4 Å². The minimum Gasteiger partial charge on any atom is -0.398 e. The van der Waals surface area contributed by atoms with Crippen LogP contribution in [0.25, 0.3) is 0 Å². The Morgan fingerprint density at radius 3 is 2.70 bits per heavy atom. The van der Waals surface area contributed by atoms with Crippen LogP contribution in [-0.4, -0.2) is 24.8 Å². The number of sulfonamides is 1. The molecule has 2 N–H and O–H groups in total. The lowest BCUT2D eigenvalue weighted by Crippen LogP contribution is -2.28. The van der Waals surface area contributed by atoms with Crippen molar-refractivity contribution >= 4 is 27.0 Å². The summed E-state index contributed by atoms with van der Waals surface area (Å²) in [6, 6.07) is 3.81. The van der Waals surface area contributed by atoms with Crippen LogP contribution in [-0.2, 0) is 16.6 Å². The molecular formula is C12H14FN3O2S2. The Hall–Kier alpha value is -1.51. The highest BCUT2D eigenvalue weighted by atomic mass is 32.2. The van der Waals surface area contributed by atoms with Gasteiger partial charge in [0, 0.05) is 18.5 Å². The van der Waals surface area contributed by atoms with Gasteiger partial charge in [0.25, 0.3) is 0 Å². The van der Waals surface area contributed by atoms with Gasteiger partial charge in [0.2, 0.25) is 10.0 Å². The normalized spacial score (nSPS) is 12.0. The summed E-state index contributed by atoms with van der Waals surface area (Å²) in [5.74, 6) is -0.849. The Labute approximate surface area is 120 Å². The van der Waals surface area contributed by atoms with Crippen molar-refractivity contribution < 1.29 is 12.8 Å². The van der Waals surface area contributed by atoms with Crippen molar-refractivity contribution in [3.63, 3.8) is 0 Å². The number of aromatic nitrogens is 1. The molecule has 0 radical (unpaired) electrons. The molecule has 8 heteroatoms. The molecule has 0 atom stereocenters. The van der Waals surface area contributed by atoms with Gasteiger partial charge in [0.05, 0.1) is 16.9 Å². The van der Waals surface area contributed by atoms with E-state index >= 15 is 0 Å². The minimum absolute atomic E-state index is 0.0992. The van der Waals surface area contributed by atoms with Crippen molar-refractivity contribution in [1.29, 1.82) is 0 Å². The van der Waals surface area contributed by atoms with E-state index in [1.165, 1.54) is 30.5 Å². The lowest BCUT2D eigenvalue weighted by atomic mass is 10.3. The molecule has 0 amide bonds. The lowest BCUT2D eigenvalue weighted by Gasteiger charge is -2.18. The first-order chi connectivity index (χ1) is 9.34. The first-order valence-corrected chi connectivity index (χ1v) is 8.05. The number of aryl methyl sites for hydroxylation is 1. The highest BCUT2D eigenvalue weighted by Crippen LogP contribution is 2.26. The molecule has 0 saturated heterocycles. The summed E-state index contributed by atoms with van der Waals surface area (Å²) in [7, 11) is -2.59. The number of nitrogens with two attached hydrogens (primary N) is 1. The van der Waals surface area contributed by atoms with E-state index in [0.29, 0.717) is 0 Å². The molecule has 2 aromatic rings. The molecule has 0 bridgehead atoms. The average Bonchev–Trinajstić information content (AvgIpc) is 2.74. The maximum absolute atomic E-state index is 13.8. The summed E-state index contributed by atoms with van der Waals surface area (Å²) in [4.78, 5) is 4.39. The molecule has 0 fully saturated rings. The van der Waals surface area contributed by atoms with E-state index in [1.54, 1.807) is 12.4 Å². The van der Waals surface area contributed by atoms with Crippen LogP contribution in [0.5, 0.6) is 0 Å². The van der Waals surface area contributed by atoms with Gasteiger partial charge < -0.3 is 5.73 Å². The highest BCUT2D eigenvalue weighted by Gasteiger charge is 2.27. The maximum atomic E-state index is 13.8. The monoisotopic (exact) mass is 315 g/mol. The van der Waals surface area contributed by atoms with E-state index in [9.17, 15) is 12.8 Å². The van der Waals surface area contributed by atoms with Crippen LogP contribution in [0.15, 0.2) is 28.6 Å². The fraction of sp³-hybridized carbons (Fsp3) is 0.250. The Morgan fingerprint density at radius 1 is 1.45 bits per heavy atom. The zero-order valence-electron chi connectivity index (χ0n) is 11.0. The number of halogens is 1. The summed E-state index contributed by atoms with van der Waals surface area (Å²) in [5, 5.41) is 0. The van der Waals surface area contributed by atoms with Crippen LogP contribution >= 0.6 is 11.3 Å². The van der Waals surface area contributed by atoms with Crippen LogP contribution in [0, 0.1) is 12.7 Å². The molecule has 0 aliphatic heterocycles. The number of hydrogen-bond donors (Lipinski definition) is 1. The van der Waals surface area contributed by atoms with Crippen molar-refractivity contribution in [1.82, 2.24) is 9.29 Å². The van der Waals surface area contributed by atoms with Gasteiger partial charge in [0.1, 0.15) is 10.7 Å². The number of nitrogens with zero attached hydrogens (tertiary/aromatic N) is 2. The Bertz CT molecular complexity index is 708. The van der Waals surface area contributed by atoms with Gasteiger partial charge in [-0.3, -0.25) is 0 Å². The third kappa shape index (κ3) is 2.67. The second-order valence-corrected chi connectivity index (χ2v) is 7.20. The molecule has 1 aromatic heterocycles. The molecule has 5 nitrogen and oxygen atoms in total. The fourth-order valence-corrected chi connectivity index (χ4v) is 3.92. The van der Waals surface area contributed by atoms with Crippen LogP contribution in [0.2, 0.25) is 0 Å². The number of hydrogen-bond acceptors (Lipinski definition) is 5. The molecule has 0 aliphatic rings. The molecule has 2 rings (SSSR count). The SMILES string of the molecule is Cc1ncsc1CN(C)S(=O)(=O)c1c(N)cccc1F. The van der Waals surface area contributed by atoms with Crippen molar-refractivity contribution in [3.05, 3.63) is 40.1 Å². The first kappa shape index (κ1) is 14.9. The summed E-state index contributed by atoms with van der Waals surface area (Å²) in [6.45, 7) is 1.93. The molecule has 0 saturated carbocycles. The van der Waals surface area contributed by atoms with Gasteiger partial charge in [-0.05, 0) is 19.1 Å². The summed E-state index contributed by atoms with van der Waals surface area (Å²) < 4.78 is 39.6. The van der Waals surface area contributed by atoms with E-state index < -0.39 is 20.7 Å². The van der Waals surface area contributed by atoms with Crippen LogP contribution in [0.1, 0.15) is 10.6 Å². The zero-order valence-corrected chi connectivity index (χ0v) is 12.6. The van der Waals surface area contributed by atoms with Crippen LogP contribution in [0.4, 0.5) is 10.1 Å². The first-order valence-electron chi connectivity index (χ1n) is 5.73. The molecule has 1 heterocycles. The predicted molar refractivity (Wildman–Crippen MR) is 76.3 cm³/mol. The van der Waals surface area contributed by atoms with Crippen LogP contribution < -0.4 is 5.73 Å². The van der Waals surface area contributed by atoms with Gasteiger partial charge in [-0.15, -0.1) is 11.3 Å². The fourth-order valence-electron chi connectivity index (χ4n) is 1.72. The minimum atomic E-state index is -3.98. The predicted octanol–water partition coefficient (Wildman–Crippen LogP) is 1.99. The number of nitrogen functional groups attached to an aromatic ring is 1.